The largest absolute Gasteiger partial charge is 0.392 e. The van der Waals surface area contributed by atoms with Crippen LogP contribution in [0.5, 0.6) is 0 Å². The molecule has 1 heteroatoms. The van der Waals surface area contributed by atoms with Crippen molar-refractivity contribution in [2.75, 3.05) is 6.61 Å². The molecular formula is C13H22O. The number of aliphatic hydroxyl groups is 1. The van der Waals surface area contributed by atoms with Crippen LogP contribution in [0.15, 0.2) is 22.8 Å². The minimum atomic E-state index is 0.173. The summed E-state index contributed by atoms with van der Waals surface area (Å²) in [4.78, 5) is 0. The van der Waals surface area contributed by atoms with Crippen molar-refractivity contribution in [3.8, 4) is 0 Å². The molecule has 1 rings (SSSR count). The SMILES string of the molecule is CC1=C(/C=C(\C)CO)C(C)(C)CCC1. The molecule has 0 aliphatic heterocycles. The van der Waals surface area contributed by atoms with Crippen LogP contribution in [0, 0.1) is 5.41 Å². The highest BCUT2D eigenvalue weighted by Gasteiger charge is 2.26. The van der Waals surface area contributed by atoms with Crippen LogP contribution >= 0.6 is 0 Å². The van der Waals surface area contributed by atoms with Crippen molar-refractivity contribution in [1.29, 1.82) is 0 Å². The highest BCUT2D eigenvalue weighted by molar-refractivity contribution is 5.34. The lowest BCUT2D eigenvalue weighted by Crippen LogP contribution is -2.19. The van der Waals surface area contributed by atoms with Crippen molar-refractivity contribution in [1.82, 2.24) is 0 Å². The fraction of sp³-hybridized carbons (Fsp3) is 0.692. The third-order valence-electron chi connectivity index (χ3n) is 3.18. The van der Waals surface area contributed by atoms with Gasteiger partial charge in [-0.25, -0.2) is 0 Å². The Morgan fingerprint density at radius 3 is 2.64 bits per heavy atom. The molecule has 0 aromatic heterocycles. The lowest BCUT2D eigenvalue weighted by molar-refractivity contribution is 0.329. The molecule has 1 aliphatic rings. The summed E-state index contributed by atoms with van der Waals surface area (Å²) < 4.78 is 0. The number of hydrogen-bond acceptors (Lipinski definition) is 1. The van der Waals surface area contributed by atoms with Gasteiger partial charge in [0.1, 0.15) is 0 Å². The molecule has 0 saturated carbocycles. The third-order valence-corrected chi connectivity index (χ3v) is 3.18. The van der Waals surface area contributed by atoms with Crippen molar-refractivity contribution in [3.05, 3.63) is 22.8 Å². The first-order chi connectivity index (χ1) is 6.47. The monoisotopic (exact) mass is 194 g/mol. The predicted molar refractivity (Wildman–Crippen MR) is 61.2 cm³/mol. The van der Waals surface area contributed by atoms with Crippen LogP contribution in [-0.4, -0.2) is 11.7 Å². The van der Waals surface area contributed by atoms with Crippen molar-refractivity contribution in [2.24, 2.45) is 5.41 Å². The van der Waals surface area contributed by atoms with E-state index in [0.29, 0.717) is 5.41 Å². The van der Waals surface area contributed by atoms with Crippen LogP contribution in [0.1, 0.15) is 47.0 Å². The van der Waals surface area contributed by atoms with Gasteiger partial charge in [-0.15, -0.1) is 0 Å². The molecule has 0 saturated heterocycles. The molecule has 0 fully saturated rings. The van der Waals surface area contributed by atoms with E-state index in [0.717, 1.165) is 5.57 Å². The molecule has 0 amide bonds. The molecule has 0 radical (unpaired) electrons. The molecule has 14 heavy (non-hydrogen) atoms. The fourth-order valence-corrected chi connectivity index (χ4v) is 2.25. The topological polar surface area (TPSA) is 20.2 Å². The van der Waals surface area contributed by atoms with Gasteiger partial charge in [-0.3, -0.25) is 0 Å². The molecule has 1 N–H and O–H groups in total. The zero-order chi connectivity index (χ0) is 10.8. The number of allylic oxidation sites excluding steroid dienone is 3. The fourth-order valence-electron chi connectivity index (χ4n) is 2.25. The first-order valence-electron chi connectivity index (χ1n) is 5.45. The number of rotatable bonds is 2. The van der Waals surface area contributed by atoms with E-state index in [1.165, 1.54) is 30.4 Å². The second kappa shape index (κ2) is 4.31. The molecule has 0 aromatic carbocycles. The Labute approximate surface area is 87.5 Å². The van der Waals surface area contributed by atoms with E-state index in [1.807, 2.05) is 6.92 Å². The maximum absolute atomic E-state index is 9.03. The lowest BCUT2D eigenvalue weighted by atomic mass is 9.72. The number of hydrogen-bond donors (Lipinski definition) is 1. The first kappa shape index (κ1) is 11.5. The minimum absolute atomic E-state index is 0.173. The van der Waals surface area contributed by atoms with Gasteiger partial charge in [-0.1, -0.05) is 25.5 Å². The predicted octanol–water partition coefficient (Wildman–Crippen LogP) is 3.45. The van der Waals surface area contributed by atoms with E-state index >= 15 is 0 Å². The minimum Gasteiger partial charge on any atom is -0.392 e. The zero-order valence-corrected chi connectivity index (χ0v) is 9.85. The maximum atomic E-state index is 9.03. The van der Waals surface area contributed by atoms with Crippen molar-refractivity contribution >= 4 is 0 Å². The van der Waals surface area contributed by atoms with Crippen LogP contribution in [0.2, 0.25) is 0 Å². The standard InChI is InChI=1S/C13H22O/c1-10(9-14)8-12-11(2)6-5-7-13(12,3)4/h8,14H,5-7,9H2,1-4H3/b10-8+. The molecule has 0 bridgehead atoms. The molecule has 1 aliphatic carbocycles. The van der Waals surface area contributed by atoms with Gasteiger partial charge in [0.05, 0.1) is 6.61 Å². The Morgan fingerprint density at radius 2 is 2.14 bits per heavy atom. The Hall–Kier alpha value is -0.560. The maximum Gasteiger partial charge on any atom is 0.0642 e. The second-order valence-electron chi connectivity index (χ2n) is 5.08. The molecule has 0 atom stereocenters. The van der Waals surface area contributed by atoms with Gasteiger partial charge in [0.2, 0.25) is 0 Å². The average Bonchev–Trinajstić information content (AvgIpc) is 2.11. The zero-order valence-electron chi connectivity index (χ0n) is 9.85. The van der Waals surface area contributed by atoms with Gasteiger partial charge in [0.25, 0.3) is 0 Å². The number of aliphatic hydroxyl groups excluding tert-OH is 1. The lowest BCUT2D eigenvalue weighted by Gasteiger charge is -2.33. The molecule has 0 aromatic rings. The summed E-state index contributed by atoms with van der Waals surface area (Å²) in [5, 5.41) is 9.03. The van der Waals surface area contributed by atoms with E-state index in [1.54, 1.807) is 0 Å². The molecule has 0 heterocycles. The Morgan fingerprint density at radius 1 is 1.50 bits per heavy atom. The van der Waals surface area contributed by atoms with E-state index in [4.69, 9.17) is 5.11 Å². The van der Waals surface area contributed by atoms with Crippen molar-refractivity contribution < 1.29 is 5.11 Å². The van der Waals surface area contributed by atoms with Gasteiger partial charge in [0, 0.05) is 0 Å². The molecular weight excluding hydrogens is 172 g/mol. The highest BCUT2D eigenvalue weighted by Crippen LogP contribution is 2.41. The molecule has 0 spiro atoms. The summed E-state index contributed by atoms with van der Waals surface area (Å²) in [6, 6.07) is 0. The Kier molecular flexibility index (Phi) is 3.54. The van der Waals surface area contributed by atoms with Crippen LogP contribution in [0.4, 0.5) is 0 Å². The summed E-state index contributed by atoms with van der Waals surface area (Å²) in [5.74, 6) is 0. The highest BCUT2D eigenvalue weighted by atomic mass is 16.3. The van der Waals surface area contributed by atoms with Gasteiger partial charge in [-0.05, 0) is 49.7 Å². The van der Waals surface area contributed by atoms with E-state index in [9.17, 15) is 0 Å². The van der Waals surface area contributed by atoms with Gasteiger partial charge >= 0.3 is 0 Å². The van der Waals surface area contributed by atoms with Crippen LogP contribution < -0.4 is 0 Å². The Balaban J connectivity index is 3.02. The summed E-state index contributed by atoms with van der Waals surface area (Å²) >= 11 is 0. The van der Waals surface area contributed by atoms with E-state index < -0.39 is 0 Å². The van der Waals surface area contributed by atoms with Crippen LogP contribution in [-0.2, 0) is 0 Å². The van der Waals surface area contributed by atoms with Gasteiger partial charge in [0.15, 0.2) is 0 Å². The smallest absolute Gasteiger partial charge is 0.0642 e. The normalized spacial score (nSPS) is 22.8. The summed E-state index contributed by atoms with van der Waals surface area (Å²) in [6.45, 7) is 8.98. The average molecular weight is 194 g/mol. The second-order valence-corrected chi connectivity index (χ2v) is 5.08. The van der Waals surface area contributed by atoms with E-state index in [-0.39, 0.29) is 6.61 Å². The first-order valence-corrected chi connectivity index (χ1v) is 5.45. The third kappa shape index (κ3) is 2.48. The van der Waals surface area contributed by atoms with Gasteiger partial charge in [-0.2, -0.15) is 0 Å². The molecule has 80 valence electrons. The summed E-state index contributed by atoms with van der Waals surface area (Å²) in [7, 11) is 0. The van der Waals surface area contributed by atoms with Crippen LogP contribution in [0.3, 0.4) is 0 Å². The summed E-state index contributed by atoms with van der Waals surface area (Å²) in [5.41, 5.74) is 4.29. The Bertz CT molecular complexity index is 269. The summed E-state index contributed by atoms with van der Waals surface area (Å²) in [6.07, 6.45) is 5.95. The van der Waals surface area contributed by atoms with E-state index in [2.05, 4.69) is 26.8 Å². The van der Waals surface area contributed by atoms with Crippen molar-refractivity contribution in [2.45, 2.75) is 47.0 Å². The van der Waals surface area contributed by atoms with Crippen molar-refractivity contribution in [3.63, 3.8) is 0 Å². The quantitative estimate of drug-likeness (QED) is 0.714. The molecule has 0 unspecified atom stereocenters. The van der Waals surface area contributed by atoms with Crippen LogP contribution in [0.25, 0.3) is 0 Å². The van der Waals surface area contributed by atoms with Gasteiger partial charge < -0.3 is 5.11 Å². The molecule has 1 nitrogen and oxygen atoms in total.